The number of benzene rings is 1. The van der Waals surface area contributed by atoms with Crippen LogP contribution in [-0.2, 0) is 0 Å². The lowest BCUT2D eigenvalue weighted by atomic mass is 9.89. The Bertz CT molecular complexity index is 358. The molecule has 1 aromatic rings. The van der Waals surface area contributed by atoms with E-state index < -0.39 is 0 Å². The summed E-state index contributed by atoms with van der Waals surface area (Å²) in [6.07, 6.45) is 8.44. The predicted octanol–water partition coefficient (Wildman–Crippen LogP) is 4.61. The molecule has 2 heteroatoms. The van der Waals surface area contributed by atoms with Crippen LogP contribution in [0.5, 0.6) is 0 Å². The molecule has 0 aliphatic heterocycles. The van der Waals surface area contributed by atoms with Gasteiger partial charge in [0.1, 0.15) is 0 Å². The van der Waals surface area contributed by atoms with Crippen LogP contribution in [0.4, 0.5) is 0 Å². The maximum absolute atomic E-state index is 6.10. The second kappa shape index (κ2) is 7.16. The first kappa shape index (κ1) is 13.9. The van der Waals surface area contributed by atoms with Gasteiger partial charge in [0.05, 0.1) is 0 Å². The van der Waals surface area contributed by atoms with Crippen molar-refractivity contribution in [3.63, 3.8) is 0 Å². The molecule has 1 nitrogen and oxygen atoms in total. The lowest BCUT2D eigenvalue weighted by molar-refractivity contribution is 0.443. The van der Waals surface area contributed by atoms with E-state index in [2.05, 4.69) is 23.5 Å². The van der Waals surface area contributed by atoms with Crippen LogP contribution in [0.25, 0.3) is 0 Å². The summed E-state index contributed by atoms with van der Waals surface area (Å²) in [7, 11) is 2.03. The zero-order chi connectivity index (χ0) is 12.8. The van der Waals surface area contributed by atoms with Gasteiger partial charge >= 0.3 is 0 Å². The van der Waals surface area contributed by atoms with Crippen molar-refractivity contribution in [3.05, 3.63) is 34.9 Å². The second-order valence-corrected chi connectivity index (χ2v) is 5.97. The molecule has 1 aliphatic carbocycles. The standard InChI is InChI=1S/C16H24ClN/c1-18-12-15(10-9-13-5-2-3-6-13)14-7-4-8-16(17)11-14/h4,7-8,11,13,15,18H,2-3,5-6,9-10,12H2,1H3. The highest BCUT2D eigenvalue weighted by Crippen LogP contribution is 2.32. The minimum absolute atomic E-state index is 0.606. The summed E-state index contributed by atoms with van der Waals surface area (Å²) in [5, 5.41) is 4.17. The van der Waals surface area contributed by atoms with Gasteiger partial charge in [-0.2, -0.15) is 0 Å². The average Bonchev–Trinajstić information content (AvgIpc) is 2.87. The first-order valence-corrected chi connectivity index (χ1v) is 7.57. The molecule has 0 heterocycles. The molecule has 1 fully saturated rings. The average molecular weight is 266 g/mol. The molecule has 0 saturated heterocycles. The molecule has 1 aliphatic rings. The van der Waals surface area contributed by atoms with Gasteiger partial charge in [0.15, 0.2) is 0 Å². The predicted molar refractivity (Wildman–Crippen MR) is 79.3 cm³/mol. The Balaban J connectivity index is 1.94. The minimum atomic E-state index is 0.606. The van der Waals surface area contributed by atoms with Gasteiger partial charge in [-0.15, -0.1) is 0 Å². The van der Waals surface area contributed by atoms with E-state index in [1.54, 1.807) is 0 Å². The van der Waals surface area contributed by atoms with Gasteiger partial charge in [-0.25, -0.2) is 0 Å². The van der Waals surface area contributed by atoms with Crippen LogP contribution in [-0.4, -0.2) is 13.6 Å². The summed E-state index contributed by atoms with van der Waals surface area (Å²) in [6.45, 7) is 1.05. The van der Waals surface area contributed by atoms with Gasteiger partial charge in [-0.1, -0.05) is 49.4 Å². The summed E-state index contributed by atoms with van der Waals surface area (Å²) >= 11 is 6.10. The number of rotatable bonds is 6. The van der Waals surface area contributed by atoms with Crippen molar-refractivity contribution < 1.29 is 0 Å². The zero-order valence-electron chi connectivity index (χ0n) is 11.3. The van der Waals surface area contributed by atoms with Crippen molar-refractivity contribution in [1.82, 2.24) is 5.32 Å². The molecule has 1 aromatic carbocycles. The number of hydrogen-bond acceptors (Lipinski definition) is 1. The van der Waals surface area contributed by atoms with Crippen LogP contribution < -0.4 is 5.32 Å². The van der Waals surface area contributed by atoms with Gasteiger partial charge in [0, 0.05) is 11.6 Å². The van der Waals surface area contributed by atoms with E-state index in [1.807, 2.05) is 13.1 Å². The zero-order valence-corrected chi connectivity index (χ0v) is 12.0. The number of nitrogens with one attached hydrogen (secondary N) is 1. The molecule has 1 N–H and O–H groups in total. The molecule has 18 heavy (non-hydrogen) atoms. The molecule has 1 unspecified atom stereocenters. The monoisotopic (exact) mass is 265 g/mol. The Hall–Kier alpha value is -0.530. The summed E-state index contributed by atoms with van der Waals surface area (Å²) in [5.74, 6) is 1.58. The van der Waals surface area contributed by atoms with E-state index in [0.717, 1.165) is 17.5 Å². The highest BCUT2D eigenvalue weighted by Gasteiger charge is 2.18. The first-order chi connectivity index (χ1) is 8.79. The van der Waals surface area contributed by atoms with E-state index in [4.69, 9.17) is 11.6 Å². The van der Waals surface area contributed by atoms with Crippen LogP contribution in [0.15, 0.2) is 24.3 Å². The maximum Gasteiger partial charge on any atom is 0.0408 e. The van der Waals surface area contributed by atoms with Gasteiger partial charge < -0.3 is 5.32 Å². The molecular formula is C16H24ClN. The van der Waals surface area contributed by atoms with Crippen LogP contribution in [0.3, 0.4) is 0 Å². The van der Waals surface area contributed by atoms with E-state index >= 15 is 0 Å². The quantitative estimate of drug-likeness (QED) is 0.792. The topological polar surface area (TPSA) is 12.0 Å². The molecule has 2 rings (SSSR count). The summed E-state index contributed by atoms with van der Waals surface area (Å²) in [6, 6.07) is 8.36. The van der Waals surface area contributed by atoms with E-state index in [9.17, 15) is 0 Å². The fraction of sp³-hybridized carbons (Fsp3) is 0.625. The smallest absolute Gasteiger partial charge is 0.0408 e. The number of likely N-dealkylation sites (N-methyl/N-ethyl adjacent to an activating group) is 1. The van der Waals surface area contributed by atoms with Gasteiger partial charge in [0.25, 0.3) is 0 Å². The Labute approximate surface area is 116 Å². The molecule has 0 radical (unpaired) electrons. The fourth-order valence-corrected chi connectivity index (χ4v) is 3.33. The normalized spacial score (nSPS) is 18.1. The van der Waals surface area contributed by atoms with E-state index in [-0.39, 0.29) is 0 Å². The molecule has 0 amide bonds. The van der Waals surface area contributed by atoms with Crippen molar-refractivity contribution in [2.45, 2.75) is 44.4 Å². The van der Waals surface area contributed by atoms with Crippen LogP contribution in [0.1, 0.15) is 50.0 Å². The molecule has 100 valence electrons. The van der Waals surface area contributed by atoms with Crippen molar-refractivity contribution in [1.29, 1.82) is 0 Å². The lowest BCUT2D eigenvalue weighted by Gasteiger charge is -2.19. The molecular weight excluding hydrogens is 242 g/mol. The molecule has 1 saturated carbocycles. The summed E-state index contributed by atoms with van der Waals surface area (Å²) in [4.78, 5) is 0. The van der Waals surface area contributed by atoms with Crippen molar-refractivity contribution in [2.75, 3.05) is 13.6 Å². The van der Waals surface area contributed by atoms with Crippen molar-refractivity contribution in [3.8, 4) is 0 Å². The van der Waals surface area contributed by atoms with E-state index in [1.165, 1.54) is 44.1 Å². The Morgan fingerprint density at radius 3 is 2.78 bits per heavy atom. The highest BCUT2D eigenvalue weighted by molar-refractivity contribution is 6.30. The Morgan fingerprint density at radius 1 is 1.33 bits per heavy atom. The number of halogens is 1. The van der Waals surface area contributed by atoms with Gasteiger partial charge in [-0.3, -0.25) is 0 Å². The SMILES string of the molecule is CNCC(CCC1CCCC1)c1cccc(Cl)c1. The van der Waals surface area contributed by atoms with Crippen LogP contribution >= 0.6 is 11.6 Å². The minimum Gasteiger partial charge on any atom is -0.319 e. The van der Waals surface area contributed by atoms with Crippen LogP contribution in [0, 0.1) is 5.92 Å². The van der Waals surface area contributed by atoms with Crippen molar-refractivity contribution >= 4 is 11.6 Å². The molecule has 0 bridgehead atoms. The largest absolute Gasteiger partial charge is 0.319 e. The second-order valence-electron chi connectivity index (χ2n) is 5.54. The lowest BCUT2D eigenvalue weighted by Crippen LogP contribution is -2.18. The molecule has 0 spiro atoms. The van der Waals surface area contributed by atoms with Crippen molar-refractivity contribution in [2.24, 2.45) is 5.92 Å². The van der Waals surface area contributed by atoms with Gasteiger partial charge in [0.2, 0.25) is 0 Å². The molecule has 0 aromatic heterocycles. The Kier molecular flexibility index (Phi) is 5.52. The maximum atomic E-state index is 6.10. The van der Waals surface area contributed by atoms with E-state index in [0.29, 0.717) is 5.92 Å². The van der Waals surface area contributed by atoms with Crippen LogP contribution in [0.2, 0.25) is 5.02 Å². The third-order valence-corrected chi connectivity index (χ3v) is 4.40. The third-order valence-electron chi connectivity index (χ3n) is 4.17. The summed E-state index contributed by atoms with van der Waals surface area (Å²) < 4.78 is 0. The van der Waals surface area contributed by atoms with Gasteiger partial charge in [-0.05, 0) is 49.4 Å². The summed E-state index contributed by atoms with van der Waals surface area (Å²) in [5.41, 5.74) is 1.38. The Morgan fingerprint density at radius 2 is 2.11 bits per heavy atom. The fourth-order valence-electron chi connectivity index (χ4n) is 3.13. The first-order valence-electron chi connectivity index (χ1n) is 7.19. The highest BCUT2D eigenvalue weighted by atomic mass is 35.5. The molecule has 1 atom stereocenters. The number of hydrogen-bond donors (Lipinski definition) is 1. The third kappa shape index (κ3) is 4.00.